The minimum absolute atomic E-state index is 0.00733. The van der Waals surface area contributed by atoms with Gasteiger partial charge in [0.1, 0.15) is 11.1 Å². The van der Waals surface area contributed by atoms with E-state index >= 15 is 0 Å². The Hall–Kier alpha value is -3.44. The van der Waals surface area contributed by atoms with Gasteiger partial charge in [-0.3, -0.25) is 19.5 Å². The first-order valence-corrected chi connectivity index (χ1v) is 8.63. The maximum atomic E-state index is 12.9. The number of fused-ring (bicyclic) bond motifs is 1. The van der Waals surface area contributed by atoms with Crippen LogP contribution in [0.3, 0.4) is 0 Å². The van der Waals surface area contributed by atoms with Gasteiger partial charge < -0.3 is 13.3 Å². The molecule has 1 aromatic heterocycles. The zero-order valence-electron chi connectivity index (χ0n) is 13.6. The summed E-state index contributed by atoms with van der Waals surface area (Å²) in [5.41, 5.74) is -1.61. The summed E-state index contributed by atoms with van der Waals surface area (Å²) in [7, 11) is -3.79. The summed E-state index contributed by atoms with van der Waals surface area (Å²) in [4.78, 5) is 23.4. The molecule has 11 heteroatoms. The lowest BCUT2D eigenvalue weighted by Gasteiger charge is -2.10. The maximum absolute atomic E-state index is 12.9. The van der Waals surface area contributed by atoms with Crippen molar-refractivity contribution < 1.29 is 31.2 Å². The highest BCUT2D eigenvalue weighted by molar-refractivity contribution is 7.81. The molecule has 0 bridgehead atoms. The third kappa shape index (κ3) is 3.59. The predicted octanol–water partition coefficient (Wildman–Crippen LogP) is 2.56. The number of para-hydroxylation sites is 1. The molecule has 0 aliphatic carbocycles. The van der Waals surface area contributed by atoms with E-state index in [1.54, 1.807) is 12.1 Å². The van der Waals surface area contributed by atoms with Gasteiger partial charge in [-0.2, -0.15) is 8.42 Å². The van der Waals surface area contributed by atoms with Gasteiger partial charge in [-0.15, -0.1) is 0 Å². The molecule has 0 unspecified atom stereocenters. The summed E-state index contributed by atoms with van der Waals surface area (Å²) < 4.78 is 45.9. The average Bonchev–Trinajstić information content (AvgIpc) is 2.60. The molecule has 0 amide bonds. The van der Waals surface area contributed by atoms with E-state index in [1.807, 2.05) is 0 Å². The summed E-state index contributed by atoms with van der Waals surface area (Å²) in [5.74, 6) is -0.883. The SMILES string of the molecule is COc1ccc(-c2c(OS(=O)(=O)O)oc3ccccc3c2=O)cc1[N+](=O)[O-]. The van der Waals surface area contributed by atoms with Gasteiger partial charge in [0.05, 0.1) is 17.4 Å². The van der Waals surface area contributed by atoms with Gasteiger partial charge in [0, 0.05) is 6.07 Å². The van der Waals surface area contributed by atoms with Crippen LogP contribution >= 0.6 is 0 Å². The van der Waals surface area contributed by atoms with Crippen molar-refractivity contribution >= 4 is 27.1 Å². The standard InChI is InChI=1S/C16H11NO9S/c1-24-13-7-6-9(8-11(13)17(19)20)14-15(18)10-4-2-3-5-12(10)25-16(14)26-27(21,22)23/h2-8H,1H3,(H,21,22,23). The molecular formula is C16H11NO9S. The van der Waals surface area contributed by atoms with Crippen LogP contribution in [0.1, 0.15) is 0 Å². The molecule has 0 aliphatic rings. The lowest BCUT2D eigenvalue weighted by atomic mass is 10.0. The van der Waals surface area contributed by atoms with Crippen molar-refractivity contribution in [1.29, 1.82) is 0 Å². The van der Waals surface area contributed by atoms with Crippen molar-refractivity contribution in [2.24, 2.45) is 0 Å². The molecule has 0 atom stereocenters. The summed E-state index contributed by atoms with van der Waals surface area (Å²) in [5, 5.41) is 11.3. The lowest BCUT2D eigenvalue weighted by molar-refractivity contribution is -0.385. The third-order valence-electron chi connectivity index (χ3n) is 3.61. The molecule has 0 spiro atoms. The van der Waals surface area contributed by atoms with Crippen LogP contribution in [0.2, 0.25) is 0 Å². The van der Waals surface area contributed by atoms with Crippen molar-refractivity contribution in [1.82, 2.24) is 0 Å². The largest absolute Gasteiger partial charge is 0.490 e. The molecule has 3 aromatic rings. The van der Waals surface area contributed by atoms with Crippen molar-refractivity contribution in [3.63, 3.8) is 0 Å². The Morgan fingerprint density at radius 3 is 2.52 bits per heavy atom. The second kappa shape index (κ2) is 6.70. The fourth-order valence-electron chi connectivity index (χ4n) is 2.51. The molecule has 0 saturated carbocycles. The van der Waals surface area contributed by atoms with Crippen LogP contribution in [0.5, 0.6) is 11.7 Å². The van der Waals surface area contributed by atoms with Crippen LogP contribution in [0.4, 0.5) is 5.69 Å². The first-order valence-electron chi connectivity index (χ1n) is 7.27. The number of methoxy groups -OCH3 is 1. The van der Waals surface area contributed by atoms with Crippen LogP contribution in [0.25, 0.3) is 22.1 Å². The number of ether oxygens (including phenoxy) is 1. The molecule has 10 nitrogen and oxygen atoms in total. The molecule has 27 heavy (non-hydrogen) atoms. The summed E-state index contributed by atoms with van der Waals surface area (Å²) in [6, 6.07) is 9.47. The minimum Gasteiger partial charge on any atom is -0.490 e. The number of nitrogens with zero attached hydrogens (tertiary/aromatic N) is 1. The van der Waals surface area contributed by atoms with E-state index in [-0.39, 0.29) is 22.3 Å². The molecule has 3 rings (SSSR count). The molecule has 1 heterocycles. The smallest absolute Gasteiger partial charge is 0.449 e. The minimum atomic E-state index is -5.02. The molecule has 0 fully saturated rings. The van der Waals surface area contributed by atoms with Crippen LogP contribution in [0, 0.1) is 10.1 Å². The van der Waals surface area contributed by atoms with Gasteiger partial charge in [-0.1, -0.05) is 12.1 Å². The van der Waals surface area contributed by atoms with Crippen molar-refractivity contribution in [3.8, 4) is 22.8 Å². The zero-order chi connectivity index (χ0) is 19.8. The Morgan fingerprint density at radius 2 is 1.89 bits per heavy atom. The van der Waals surface area contributed by atoms with Gasteiger partial charge in [-0.05, 0) is 29.8 Å². The fraction of sp³-hybridized carbons (Fsp3) is 0.0625. The Morgan fingerprint density at radius 1 is 1.19 bits per heavy atom. The van der Waals surface area contributed by atoms with Gasteiger partial charge in [-0.25, -0.2) is 0 Å². The second-order valence-corrected chi connectivity index (χ2v) is 6.27. The fourth-order valence-corrected chi connectivity index (χ4v) is 2.82. The third-order valence-corrected chi connectivity index (χ3v) is 3.97. The van der Waals surface area contributed by atoms with Crippen molar-refractivity contribution in [2.45, 2.75) is 0 Å². The van der Waals surface area contributed by atoms with E-state index in [2.05, 4.69) is 4.18 Å². The van der Waals surface area contributed by atoms with E-state index in [0.717, 1.165) is 6.07 Å². The number of benzene rings is 2. The topological polar surface area (TPSA) is 146 Å². The van der Waals surface area contributed by atoms with Crippen LogP contribution < -0.4 is 14.3 Å². The van der Waals surface area contributed by atoms with Crippen LogP contribution in [-0.2, 0) is 10.4 Å². The van der Waals surface area contributed by atoms with E-state index < -0.39 is 37.9 Å². The number of nitro groups is 1. The Labute approximate surface area is 151 Å². The van der Waals surface area contributed by atoms with E-state index in [9.17, 15) is 23.3 Å². The Balaban J connectivity index is 2.37. The molecule has 140 valence electrons. The average molecular weight is 393 g/mol. The predicted molar refractivity (Wildman–Crippen MR) is 93.3 cm³/mol. The van der Waals surface area contributed by atoms with Gasteiger partial charge in [0.15, 0.2) is 5.75 Å². The van der Waals surface area contributed by atoms with E-state index in [0.29, 0.717) is 0 Å². The van der Waals surface area contributed by atoms with Crippen LogP contribution in [-0.4, -0.2) is 25.0 Å². The molecule has 2 aromatic carbocycles. The monoisotopic (exact) mass is 393 g/mol. The molecule has 0 saturated heterocycles. The first kappa shape index (κ1) is 18.4. The van der Waals surface area contributed by atoms with Gasteiger partial charge >= 0.3 is 22.0 Å². The summed E-state index contributed by atoms with van der Waals surface area (Å²) in [6.45, 7) is 0. The summed E-state index contributed by atoms with van der Waals surface area (Å²) >= 11 is 0. The zero-order valence-corrected chi connectivity index (χ0v) is 14.4. The number of hydrogen-bond acceptors (Lipinski definition) is 8. The number of hydrogen-bond donors (Lipinski definition) is 1. The summed E-state index contributed by atoms with van der Waals surface area (Å²) in [6.07, 6.45) is 0. The van der Waals surface area contributed by atoms with E-state index in [1.165, 1.54) is 31.4 Å². The Kier molecular flexibility index (Phi) is 4.56. The van der Waals surface area contributed by atoms with E-state index in [4.69, 9.17) is 13.7 Å². The number of nitro benzene ring substituents is 1. The molecular weight excluding hydrogens is 382 g/mol. The van der Waals surface area contributed by atoms with Gasteiger partial charge in [0.2, 0.25) is 5.43 Å². The van der Waals surface area contributed by atoms with Crippen molar-refractivity contribution in [2.75, 3.05) is 7.11 Å². The molecule has 1 N–H and O–H groups in total. The van der Waals surface area contributed by atoms with Gasteiger partial charge in [0.25, 0.3) is 0 Å². The lowest BCUT2D eigenvalue weighted by Crippen LogP contribution is -2.13. The highest BCUT2D eigenvalue weighted by Gasteiger charge is 2.24. The molecule has 0 aliphatic heterocycles. The maximum Gasteiger partial charge on any atom is 0.449 e. The second-order valence-electron chi connectivity index (χ2n) is 5.24. The number of rotatable bonds is 5. The molecule has 0 radical (unpaired) electrons. The van der Waals surface area contributed by atoms with Crippen molar-refractivity contribution in [3.05, 3.63) is 62.8 Å². The first-order chi connectivity index (χ1) is 12.7. The highest BCUT2D eigenvalue weighted by atomic mass is 32.3. The normalized spacial score (nSPS) is 11.3. The van der Waals surface area contributed by atoms with Crippen LogP contribution in [0.15, 0.2) is 51.7 Å². The Bertz CT molecular complexity index is 1210. The highest BCUT2D eigenvalue weighted by Crippen LogP contribution is 2.36. The quantitative estimate of drug-likeness (QED) is 0.392.